The quantitative estimate of drug-likeness (QED) is 0.486. The number of fused-ring (bicyclic) bond motifs is 1. The molecule has 2 heterocycles. The van der Waals surface area contributed by atoms with Gasteiger partial charge in [0.2, 0.25) is 5.75 Å². The van der Waals surface area contributed by atoms with Crippen LogP contribution in [0.4, 0.5) is 10.8 Å². The third-order valence-corrected chi connectivity index (χ3v) is 5.92. The van der Waals surface area contributed by atoms with E-state index in [2.05, 4.69) is 16.9 Å². The van der Waals surface area contributed by atoms with Crippen LogP contribution in [0.25, 0.3) is 11.3 Å². The van der Waals surface area contributed by atoms with Crippen molar-refractivity contribution in [3.05, 3.63) is 53.9 Å². The minimum Gasteiger partial charge on any atom is -0.493 e. The van der Waals surface area contributed by atoms with Crippen LogP contribution in [0.3, 0.4) is 0 Å². The molecule has 9 nitrogen and oxygen atoms in total. The first-order valence-electron chi connectivity index (χ1n) is 10.2. The van der Waals surface area contributed by atoms with E-state index in [0.29, 0.717) is 51.6 Å². The average molecular weight is 482 g/mol. The smallest absolute Gasteiger partial charge is 0.265 e. The van der Waals surface area contributed by atoms with E-state index in [1.54, 1.807) is 29.2 Å². The molecule has 0 atom stereocenters. The van der Waals surface area contributed by atoms with E-state index in [-0.39, 0.29) is 18.4 Å². The number of ether oxygens (including phenoxy) is 4. The Bertz CT molecular complexity index is 1230. The molecule has 0 saturated heterocycles. The number of anilines is 2. The number of nitrogens with zero attached hydrogens (tertiary/aromatic N) is 2. The van der Waals surface area contributed by atoms with E-state index in [1.165, 1.54) is 32.7 Å². The zero-order valence-corrected chi connectivity index (χ0v) is 19.7. The van der Waals surface area contributed by atoms with Gasteiger partial charge in [0.05, 0.1) is 32.7 Å². The normalized spacial score (nSPS) is 12.4. The van der Waals surface area contributed by atoms with Gasteiger partial charge in [-0.1, -0.05) is 6.08 Å². The lowest BCUT2D eigenvalue weighted by molar-refractivity contribution is -0.121. The lowest BCUT2D eigenvalue weighted by Crippen LogP contribution is -2.38. The zero-order valence-electron chi connectivity index (χ0n) is 18.9. The SMILES string of the molecule is C=CCN1C(=O)COc2ccc(-c3csc(NC(=O)c4cc(OC)c(OC)c(OC)c4)n3)cc21. The molecule has 176 valence electrons. The molecule has 2 aromatic carbocycles. The summed E-state index contributed by atoms with van der Waals surface area (Å²) in [5.74, 6) is 1.26. The molecule has 4 rings (SSSR count). The van der Waals surface area contributed by atoms with Crippen molar-refractivity contribution < 1.29 is 28.5 Å². The second-order valence-corrected chi connectivity index (χ2v) is 8.03. The highest BCUT2D eigenvalue weighted by atomic mass is 32.1. The molecule has 0 aliphatic carbocycles. The number of hydrogen-bond acceptors (Lipinski definition) is 8. The Hall–Kier alpha value is -4.05. The highest BCUT2D eigenvalue weighted by Gasteiger charge is 2.25. The van der Waals surface area contributed by atoms with Gasteiger partial charge in [-0.25, -0.2) is 4.98 Å². The molecule has 1 aliphatic rings. The van der Waals surface area contributed by atoms with Gasteiger partial charge in [0, 0.05) is 23.1 Å². The fourth-order valence-corrected chi connectivity index (χ4v) is 4.25. The number of nitrogens with one attached hydrogen (secondary N) is 1. The summed E-state index contributed by atoms with van der Waals surface area (Å²) in [6, 6.07) is 8.65. The van der Waals surface area contributed by atoms with Gasteiger partial charge in [-0.3, -0.25) is 14.9 Å². The first kappa shape index (κ1) is 23.1. The lowest BCUT2D eigenvalue weighted by atomic mass is 10.1. The van der Waals surface area contributed by atoms with Crippen molar-refractivity contribution in [1.29, 1.82) is 0 Å². The first-order chi connectivity index (χ1) is 16.5. The van der Waals surface area contributed by atoms with Gasteiger partial charge in [0.15, 0.2) is 23.2 Å². The predicted octanol–water partition coefficient (Wildman–Crippen LogP) is 4.00. The first-order valence-corrected chi connectivity index (χ1v) is 11.1. The maximum atomic E-state index is 12.9. The maximum absolute atomic E-state index is 12.9. The lowest BCUT2D eigenvalue weighted by Gasteiger charge is -2.28. The highest BCUT2D eigenvalue weighted by molar-refractivity contribution is 7.14. The summed E-state index contributed by atoms with van der Waals surface area (Å²) in [6.45, 7) is 4.10. The molecular weight excluding hydrogens is 458 g/mol. The Balaban J connectivity index is 1.58. The summed E-state index contributed by atoms with van der Waals surface area (Å²) in [6.07, 6.45) is 1.67. The van der Waals surface area contributed by atoms with Crippen LogP contribution in [0.15, 0.2) is 48.4 Å². The topological polar surface area (TPSA) is 99.2 Å². The molecule has 0 spiro atoms. The Morgan fingerprint density at radius 2 is 1.94 bits per heavy atom. The van der Waals surface area contributed by atoms with Crippen LogP contribution in [0.2, 0.25) is 0 Å². The molecule has 1 N–H and O–H groups in total. The van der Waals surface area contributed by atoms with Crippen LogP contribution in [-0.2, 0) is 4.79 Å². The highest BCUT2D eigenvalue weighted by Crippen LogP contribution is 2.39. The molecule has 34 heavy (non-hydrogen) atoms. The molecular formula is C24H23N3O6S. The van der Waals surface area contributed by atoms with Crippen molar-refractivity contribution in [2.24, 2.45) is 0 Å². The summed E-state index contributed by atoms with van der Waals surface area (Å²) in [4.78, 5) is 31.3. The minimum absolute atomic E-state index is 0.00595. The van der Waals surface area contributed by atoms with Crippen molar-refractivity contribution in [2.45, 2.75) is 0 Å². The molecule has 0 radical (unpaired) electrons. The van der Waals surface area contributed by atoms with Crippen molar-refractivity contribution in [1.82, 2.24) is 4.98 Å². The molecule has 0 unspecified atom stereocenters. The van der Waals surface area contributed by atoms with E-state index in [1.807, 2.05) is 17.5 Å². The van der Waals surface area contributed by atoms with Crippen molar-refractivity contribution >= 4 is 34.0 Å². The average Bonchev–Trinajstić information content (AvgIpc) is 3.32. The Morgan fingerprint density at radius 3 is 2.59 bits per heavy atom. The summed E-state index contributed by atoms with van der Waals surface area (Å²) in [5.41, 5.74) is 2.43. The molecule has 1 aliphatic heterocycles. The third-order valence-electron chi connectivity index (χ3n) is 5.16. The largest absolute Gasteiger partial charge is 0.493 e. The number of aromatic nitrogens is 1. The van der Waals surface area contributed by atoms with Gasteiger partial charge >= 0.3 is 0 Å². The second-order valence-electron chi connectivity index (χ2n) is 7.17. The number of carbonyl (C=O) groups is 2. The zero-order chi connectivity index (χ0) is 24.2. The van der Waals surface area contributed by atoms with E-state index in [9.17, 15) is 9.59 Å². The summed E-state index contributed by atoms with van der Waals surface area (Å²) < 4.78 is 21.5. The summed E-state index contributed by atoms with van der Waals surface area (Å²) in [5, 5.41) is 5.05. The number of thiazole rings is 1. The van der Waals surface area contributed by atoms with E-state index in [0.717, 1.165) is 5.56 Å². The third kappa shape index (κ3) is 4.40. The summed E-state index contributed by atoms with van der Waals surface area (Å²) in [7, 11) is 4.47. The Kier molecular flexibility index (Phi) is 6.69. The maximum Gasteiger partial charge on any atom is 0.265 e. The molecule has 3 aromatic rings. The van der Waals surface area contributed by atoms with E-state index >= 15 is 0 Å². The fourth-order valence-electron chi connectivity index (χ4n) is 3.54. The number of hydrogen-bond donors (Lipinski definition) is 1. The van der Waals surface area contributed by atoms with Crippen LogP contribution in [0.5, 0.6) is 23.0 Å². The van der Waals surface area contributed by atoms with Crippen molar-refractivity contribution in [3.63, 3.8) is 0 Å². The van der Waals surface area contributed by atoms with E-state index < -0.39 is 0 Å². The molecule has 0 saturated carbocycles. The van der Waals surface area contributed by atoms with Gasteiger partial charge in [-0.2, -0.15) is 0 Å². The Labute approximate surface area is 200 Å². The molecule has 10 heteroatoms. The van der Waals surface area contributed by atoms with Crippen LogP contribution < -0.4 is 29.2 Å². The number of carbonyl (C=O) groups excluding carboxylic acids is 2. The molecule has 2 amide bonds. The van der Waals surface area contributed by atoms with Crippen LogP contribution >= 0.6 is 11.3 Å². The summed E-state index contributed by atoms with van der Waals surface area (Å²) >= 11 is 1.29. The Morgan fingerprint density at radius 1 is 1.21 bits per heavy atom. The standard InChI is InChI=1S/C24H23N3O6S/c1-5-8-27-17-9-14(6-7-18(17)33-12-21(27)28)16-13-34-24(25-16)26-23(29)15-10-19(30-2)22(32-4)20(11-15)31-3/h5-7,9-11,13H,1,8,12H2,2-4H3,(H,25,26,29). The number of amides is 2. The van der Waals surface area contributed by atoms with Gasteiger partial charge in [0.25, 0.3) is 11.8 Å². The number of benzene rings is 2. The number of rotatable bonds is 8. The van der Waals surface area contributed by atoms with Gasteiger partial charge < -0.3 is 23.8 Å². The second kappa shape index (κ2) is 9.84. The van der Waals surface area contributed by atoms with Crippen LogP contribution in [0, 0.1) is 0 Å². The molecule has 0 fully saturated rings. The van der Waals surface area contributed by atoms with Crippen LogP contribution in [0.1, 0.15) is 10.4 Å². The number of methoxy groups -OCH3 is 3. The molecule has 1 aromatic heterocycles. The minimum atomic E-state index is -0.373. The van der Waals surface area contributed by atoms with Gasteiger partial charge in [-0.15, -0.1) is 17.9 Å². The van der Waals surface area contributed by atoms with Gasteiger partial charge in [-0.05, 0) is 30.3 Å². The molecule has 0 bridgehead atoms. The van der Waals surface area contributed by atoms with Crippen LogP contribution in [-0.4, -0.2) is 51.3 Å². The van der Waals surface area contributed by atoms with Crippen molar-refractivity contribution in [2.75, 3.05) is 44.7 Å². The van der Waals surface area contributed by atoms with E-state index in [4.69, 9.17) is 18.9 Å². The van der Waals surface area contributed by atoms with Crippen molar-refractivity contribution in [3.8, 4) is 34.3 Å². The van der Waals surface area contributed by atoms with Gasteiger partial charge in [0.1, 0.15) is 5.75 Å². The monoisotopic (exact) mass is 481 g/mol. The predicted molar refractivity (Wildman–Crippen MR) is 130 cm³/mol. The fraction of sp³-hybridized carbons (Fsp3) is 0.208.